The van der Waals surface area contributed by atoms with E-state index in [4.69, 9.17) is 16.3 Å². The number of carbonyl (C=O) groups excluding carboxylic acids is 1. The van der Waals surface area contributed by atoms with Crippen LogP contribution in [0.3, 0.4) is 0 Å². The number of halogens is 2. The molecule has 1 aromatic rings. The number of ether oxygens (including phenoxy) is 1. The molecule has 1 aromatic carbocycles. The molecule has 0 heterocycles. The second-order valence-corrected chi connectivity index (χ2v) is 8.25. The van der Waals surface area contributed by atoms with E-state index in [9.17, 15) is 4.79 Å². The largest absolute Gasteiger partial charge is 0.444 e. The van der Waals surface area contributed by atoms with Crippen LogP contribution in [0.25, 0.3) is 0 Å². The molecular weight excluding hydrogens is 380 g/mol. The monoisotopic (exact) mass is 402 g/mol. The number of rotatable bonds is 6. The standard InChI is InChI=1S/C17H24BrClN2O2/c1-17(2,3)23-16(22)21-15(11-4-5-11)10-20-9-12-8-13(19)6-7-14(12)18/h6-8,11,15,20H,4-5,9-10H2,1-3H3,(H,21,22). The van der Waals surface area contributed by atoms with Gasteiger partial charge in [0.1, 0.15) is 5.60 Å². The summed E-state index contributed by atoms with van der Waals surface area (Å²) in [5.74, 6) is 0.540. The molecule has 0 aliphatic heterocycles. The minimum atomic E-state index is -0.475. The van der Waals surface area contributed by atoms with Gasteiger partial charge in [-0.2, -0.15) is 0 Å². The molecule has 4 nitrogen and oxygen atoms in total. The Hall–Kier alpha value is -0.780. The van der Waals surface area contributed by atoms with Gasteiger partial charge in [0.05, 0.1) is 0 Å². The number of alkyl carbamates (subject to hydrolysis) is 1. The third kappa shape index (κ3) is 6.69. The molecule has 1 saturated carbocycles. The summed E-state index contributed by atoms with van der Waals surface area (Å²) in [7, 11) is 0. The van der Waals surface area contributed by atoms with Gasteiger partial charge in [-0.1, -0.05) is 27.5 Å². The van der Waals surface area contributed by atoms with E-state index < -0.39 is 5.60 Å². The summed E-state index contributed by atoms with van der Waals surface area (Å²) < 4.78 is 6.37. The molecular formula is C17H24BrClN2O2. The highest BCUT2D eigenvalue weighted by Crippen LogP contribution is 2.32. The Kier molecular flexibility index (Phi) is 6.34. The van der Waals surface area contributed by atoms with E-state index in [1.165, 1.54) is 0 Å². The zero-order valence-corrected chi connectivity index (χ0v) is 16.1. The Balaban J connectivity index is 1.83. The molecule has 1 atom stereocenters. The van der Waals surface area contributed by atoms with Crippen LogP contribution in [0.15, 0.2) is 22.7 Å². The molecule has 1 fully saturated rings. The maximum absolute atomic E-state index is 11.9. The van der Waals surface area contributed by atoms with Crippen molar-refractivity contribution in [3.8, 4) is 0 Å². The van der Waals surface area contributed by atoms with E-state index in [-0.39, 0.29) is 12.1 Å². The first-order valence-electron chi connectivity index (χ1n) is 7.89. The van der Waals surface area contributed by atoms with Gasteiger partial charge >= 0.3 is 6.09 Å². The fourth-order valence-corrected chi connectivity index (χ4v) is 2.92. The van der Waals surface area contributed by atoms with Crippen molar-refractivity contribution >= 4 is 33.6 Å². The van der Waals surface area contributed by atoms with Gasteiger partial charge in [0.15, 0.2) is 0 Å². The molecule has 1 aliphatic carbocycles. The molecule has 6 heteroatoms. The third-order valence-electron chi connectivity index (χ3n) is 3.58. The molecule has 0 aromatic heterocycles. The number of hydrogen-bond acceptors (Lipinski definition) is 3. The van der Waals surface area contributed by atoms with Crippen molar-refractivity contribution in [2.45, 2.75) is 51.8 Å². The van der Waals surface area contributed by atoms with Gasteiger partial charge < -0.3 is 15.4 Å². The van der Waals surface area contributed by atoms with Crippen molar-refractivity contribution < 1.29 is 9.53 Å². The lowest BCUT2D eigenvalue weighted by Crippen LogP contribution is -2.45. The Bertz CT molecular complexity index is 556. The molecule has 0 spiro atoms. The highest BCUT2D eigenvalue weighted by Gasteiger charge is 2.33. The van der Waals surface area contributed by atoms with Crippen molar-refractivity contribution in [1.29, 1.82) is 0 Å². The molecule has 1 aliphatic rings. The topological polar surface area (TPSA) is 50.4 Å². The highest BCUT2D eigenvalue weighted by atomic mass is 79.9. The Morgan fingerprint density at radius 1 is 1.43 bits per heavy atom. The Morgan fingerprint density at radius 3 is 2.74 bits per heavy atom. The molecule has 1 amide bonds. The van der Waals surface area contributed by atoms with Crippen molar-refractivity contribution in [3.63, 3.8) is 0 Å². The van der Waals surface area contributed by atoms with E-state index in [0.29, 0.717) is 19.0 Å². The average Bonchev–Trinajstić information content (AvgIpc) is 3.24. The molecule has 23 heavy (non-hydrogen) atoms. The second-order valence-electron chi connectivity index (χ2n) is 6.96. The SMILES string of the molecule is CC(C)(C)OC(=O)NC(CNCc1cc(Cl)ccc1Br)C1CC1. The highest BCUT2D eigenvalue weighted by molar-refractivity contribution is 9.10. The Labute approximate surface area is 151 Å². The molecule has 0 radical (unpaired) electrons. The summed E-state index contributed by atoms with van der Waals surface area (Å²) in [6.45, 7) is 7.01. The predicted molar refractivity (Wildman–Crippen MR) is 96.7 cm³/mol. The lowest BCUT2D eigenvalue weighted by molar-refractivity contribution is 0.0497. The summed E-state index contributed by atoms with van der Waals surface area (Å²) >= 11 is 9.55. The quantitative estimate of drug-likeness (QED) is 0.735. The van der Waals surface area contributed by atoms with Gasteiger partial charge in [0, 0.05) is 28.6 Å². The number of benzene rings is 1. The molecule has 128 valence electrons. The number of nitrogens with one attached hydrogen (secondary N) is 2. The van der Waals surface area contributed by atoms with Crippen LogP contribution in [0, 0.1) is 5.92 Å². The van der Waals surface area contributed by atoms with Crippen LogP contribution >= 0.6 is 27.5 Å². The van der Waals surface area contributed by atoms with Crippen molar-refractivity contribution in [1.82, 2.24) is 10.6 Å². The van der Waals surface area contributed by atoms with Crippen LogP contribution < -0.4 is 10.6 Å². The van der Waals surface area contributed by atoms with Crippen LogP contribution in [-0.4, -0.2) is 24.3 Å². The lowest BCUT2D eigenvalue weighted by atomic mass is 10.1. The fourth-order valence-electron chi connectivity index (χ4n) is 2.33. The van der Waals surface area contributed by atoms with Crippen molar-refractivity contribution in [3.05, 3.63) is 33.3 Å². The van der Waals surface area contributed by atoms with Crippen LogP contribution in [0.2, 0.25) is 5.02 Å². The number of amides is 1. The van der Waals surface area contributed by atoms with Crippen molar-refractivity contribution in [2.75, 3.05) is 6.54 Å². The summed E-state index contributed by atoms with van der Waals surface area (Å²) in [6, 6.07) is 5.83. The van der Waals surface area contributed by atoms with Crippen LogP contribution in [0.1, 0.15) is 39.2 Å². The normalized spacial score (nSPS) is 16.0. The van der Waals surface area contributed by atoms with Crippen LogP contribution in [0.5, 0.6) is 0 Å². The molecule has 0 saturated heterocycles. The molecule has 0 bridgehead atoms. The predicted octanol–water partition coefficient (Wildman–Crippen LogP) is 4.50. The molecule has 1 unspecified atom stereocenters. The average molecular weight is 404 g/mol. The van der Waals surface area contributed by atoms with E-state index >= 15 is 0 Å². The zero-order chi connectivity index (χ0) is 17.0. The molecule has 2 N–H and O–H groups in total. The summed E-state index contributed by atoms with van der Waals surface area (Å²) in [6.07, 6.45) is 1.96. The van der Waals surface area contributed by atoms with E-state index in [0.717, 1.165) is 27.9 Å². The van der Waals surface area contributed by atoms with Gasteiger partial charge in [0.25, 0.3) is 0 Å². The molecule has 2 rings (SSSR count). The minimum absolute atomic E-state index is 0.0998. The Morgan fingerprint density at radius 2 is 2.13 bits per heavy atom. The summed E-state index contributed by atoms with van der Waals surface area (Å²) in [5.41, 5.74) is 0.626. The van der Waals surface area contributed by atoms with Gasteiger partial charge in [-0.25, -0.2) is 4.79 Å². The first-order chi connectivity index (χ1) is 10.7. The first-order valence-corrected chi connectivity index (χ1v) is 9.06. The third-order valence-corrected chi connectivity index (χ3v) is 4.59. The second kappa shape index (κ2) is 7.86. The van der Waals surface area contributed by atoms with Crippen LogP contribution in [0.4, 0.5) is 4.79 Å². The van der Waals surface area contributed by atoms with E-state index in [1.54, 1.807) is 0 Å². The van der Waals surface area contributed by atoms with Gasteiger partial charge in [-0.3, -0.25) is 0 Å². The van der Waals surface area contributed by atoms with Gasteiger partial charge in [-0.05, 0) is 63.3 Å². The maximum Gasteiger partial charge on any atom is 0.407 e. The smallest absolute Gasteiger partial charge is 0.407 e. The van der Waals surface area contributed by atoms with Crippen molar-refractivity contribution in [2.24, 2.45) is 5.92 Å². The van der Waals surface area contributed by atoms with E-state index in [1.807, 2.05) is 39.0 Å². The van der Waals surface area contributed by atoms with E-state index in [2.05, 4.69) is 26.6 Å². The number of carbonyl (C=O) groups is 1. The zero-order valence-electron chi connectivity index (χ0n) is 13.8. The first kappa shape index (κ1) is 18.6. The minimum Gasteiger partial charge on any atom is -0.444 e. The number of hydrogen-bond donors (Lipinski definition) is 2. The fraction of sp³-hybridized carbons (Fsp3) is 0.588. The van der Waals surface area contributed by atoms with Gasteiger partial charge in [-0.15, -0.1) is 0 Å². The van der Waals surface area contributed by atoms with Gasteiger partial charge in [0.2, 0.25) is 0 Å². The summed E-state index contributed by atoms with van der Waals surface area (Å²) in [5, 5.41) is 7.10. The maximum atomic E-state index is 11.9. The van der Waals surface area contributed by atoms with Crippen LogP contribution in [-0.2, 0) is 11.3 Å². The lowest BCUT2D eigenvalue weighted by Gasteiger charge is -2.24. The summed E-state index contributed by atoms with van der Waals surface area (Å²) in [4.78, 5) is 11.9.